The maximum Gasteiger partial charge on any atom is 0.255 e. The van der Waals surface area contributed by atoms with Gasteiger partial charge in [-0.25, -0.2) is 9.97 Å². The Balaban J connectivity index is 0.000000224. The van der Waals surface area contributed by atoms with E-state index in [1.54, 1.807) is 26.4 Å². The standard InChI is InChI=1S/2C23H31ClN6O4.H2O/c2*1-33-18-13-30(9-3-7-26-23-27-8-5-19(31)29-23)10-6-17(18)28-22(32)15-12-16(24)20(25)14-4-2-11-34-21(14)15;/h2*5,8,12,17-18H,2-4,6-7,9-11,13,25H2,1H3,(H,28,32)(H2,26,27,29,31);1H2. The molecule has 4 aliphatic rings. The zero-order valence-electron chi connectivity index (χ0n) is 39.0. The number of nitrogens with one attached hydrogen (secondary N) is 6. The van der Waals surface area contributed by atoms with E-state index in [9.17, 15) is 19.2 Å². The molecular weight excluding hydrogens is 935 g/mol. The number of halogens is 2. The van der Waals surface area contributed by atoms with Crippen molar-refractivity contribution < 1.29 is 34.0 Å². The van der Waals surface area contributed by atoms with Crippen LogP contribution in [0.3, 0.4) is 0 Å². The lowest BCUT2D eigenvalue weighted by Crippen LogP contribution is -2.55. The first kappa shape index (κ1) is 52.7. The highest BCUT2D eigenvalue weighted by Crippen LogP contribution is 2.39. The minimum Gasteiger partial charge on any atom is -0.492 e. The van der Waals surface area contributed by atoms with E-state index in [0.717, 1.165) is 88.7 Å². The van der Waals surface area contributed by atoms with Gasteiger partial charge in [0.15, 0.2) is 0 Å². The quantitative estimate of drug-likeness (QED) is 0.0591. The second-order valence-electron chi connectivity index (χ2n) is 17.2. The van der Waals surface area contributed by atoms with Gasteiger partial charge in [0, 0.05) is 89.1 Å². The first-order valence-electron chi connectivity index (χ1n) is 23.1. The summed E-state index contributed by atoms with van der Waals surface area (Å²) in [6.07, 6.45) is 9.12. The number of piperidine rings is 2. The number of methoxy groups -OCH3 is 2. The molecule has 0 radical (unpaired) electrons. The predicted molar refractivity (Wildman–Crippen MR) is 265 cm³/mol. The summed E-state index contributed by atoms with van der Waals surface area (Å²) in [6, 6.07) is 5.69. The average molecular weight is 1000 g/mol. The van der Waals surface area contributed by atoms with Gasteiger partial charge in [0.2, 0.25) is 11.9 Å². The molecule has 2 aromatic carbocycles. The summed E-state index contributed by atoms with van der Waals surface area (Å²) in [5, 5.41) is 13.2. The summed E-state index contributed by atoms with van der Waals surface area (Å²) < 4.78 is 23.0. The van der Waals surface area contributed by atoms with Crippen molar-refractivity contribution in [2.45, 2.75) is 75.7 Å². The molecule has 12 N–H and O–H groups in total. The molecule has 6 heterocycles. The van der Waals surface area contributed by atoms with Crippen molar-refractivity contribution in [3.8, 4) is 11.5 Å². The number of hydrogen-bond acceptors (Lipinski definition) is 16. The van der Waals surface area contributed by atoms with E-state index in [-0.39, 0.29) is 52.7 Å². The van der Waals surface area contributed by atoms with Crippen LogP contribution < -0.4 is 53.3 Å². The molecule has 2 amide bonds. The zero-order valence-corrected chi connectivity index (χ0v) is 40.5. The Bertz CT molecular complexity index is 2330. The summed E-state index contributed by atoms with van der Waals surface area (Å²) in [5.74, 6) is 1.57. The summed E-state index contributed by atoms with van der Waals surface area (Å²) in [7, 11) is 3.33. The number of hydrogen-bond donors (Lipinski definition) is 8. The number of fused-ring (bicyclic) bond motifs is 2. The Labute approximate surface area is 410 Å². The maximum absolute atomic E-state index is 13.2. The number of nitrogen functional groups attached to an aromatic ring is 2. The maximum atomic E-state index is 13.2. The molecule has 0 spiro atoms. The summed E-state index contributed by atoms with van der Waals surface area (Å²) in [6.45, 7) is 7.29. The fourth-order valence-electron chi connectivity index (χ4n) is 9.01. The van der Waals surface area contributed by atoms with Gasteiger partial charge >= 0.3 is 0 Å². The lowest BCUT2D eigenvalue weighted by atomic mass is 9.98. The van der Waals surface area contributed by atoms with Gasteiger partial charge in [-0.15, -0.1) is 0 Å². The third kappa shape index (κ3) is 13.8. The number of ether oxygens (including phenoxy) is 4. The molecule has 4 atom stereocenters. The molecule has 2 saturated heterocycles. The molecule has 4 unspecified atom stereocenters. The fraction of sp³-hybridized carbons (Fsp3) is 0.522. The molecule has 376 valence electrons. The molecular formula is C46H64Cl2N12O9. The molecule has 21 nitrogen and oxygen atoms in total. The van der Waals surface area contributed by atoms with Crippen molar-refractivity contribution in [1.82, 2.24) is 40.4 Å². The first-order chi connectivity index (χ1) is 32.9. The molecule has 2 fully saturated rings. The number of aromatic amines is 2. The number of carbonyl (C=O) groups is 2. The number of H-pyrrole nitrogens is 2. The number of benzene rings is 2. The van der Waals surface area contributed by atoms with Crippen LogP contribution in [0, 0.1) is 0 Å². The van der Waals surface area contributed by atoms with Gasteiger partial charge in [-0.1, -0.05) is 23.2 Å². The topological polar surface area (TPSA) is 301 Å². The minimum atomic E-state index is -0.228. The van der Waals surface area contributed by atoms with E-state index in [0.29, 0.717) is 95.3 Å². The normalized spacial score (nSPS) is 20.0. The lowest BCUT2D eigenvalue weighted by Gasteiger charge is -2.38. The van der Waals surface area contributed by atoms with Crippen LogP contribution >= 0.6 is 23.2 Å². The fourth-order valence-corrected chi connectivity index (χ4v) is 9.46. The highest BCUT2D eigenvalue weighted by Gasteiger charge is 2.34. The highest BCUT2D eigenvalue weighted by atomic mass is 35.5. The van der Waals surface area contributed by atoms with Crippen LogP contribution in [0.2, 0.25) is 10.0 Å². The molecule has 8 rings (SSSR count). The Morgan fingerprint density at radius 2 is 1.16 bits per heavy atom. The molecule has 4 aliphatic heterocycles. The van der Waals surface area contributed by atoms with Crippen molar-refractivity contribution in [2.24, 2.45) is 0 Å². The number of amides is 2. The van der Waals surface area contributed by atoms with Gasteiger partial charge in [-0.3, -0.25) is 29.1 Å². The van der Waals surface area contributed by atoms with Crippen LogP contribution in [0.5, 0.6) is 11.5 Å². The predicted octanol–water partition coefficient (Wildman–Crippen LogP) is 2.48. The number of nitrogens with zero attached hydrogens (tertiary/aromatic N) is 4. The van der Waals surface area contributed by atoms with E-state index in [1.165, 1.54) is 24.5 Å². The van der Waals surface area contributed by atoms with Crippen molar-refractivity contribution in [3.05, 3.63) is 89.7 Å². The van der Waals surface area contributed by atoms with E-state index in [1.807, 2.05) is 0 Å². The van der Waals surface area contributed by atoms with E-state index >= 15 is 0 Å². The van der Waals surface area contributed by atoms with E-state index < -0.39 is 0 Å². The van der Waals surface area contributed by atoms with Gasteiger partial charge < -0.3 is 67.0 Å². The summed E-state index contributed by atoms with van der Waals surface area (Å²) in [4.78, 5) is 67.1. The smallest absolute Gasteiger partial charge is 0.255 e. The number of rotatable bonds is 16. The molecule has 0 bridgehead atoms. The minimum absolute atomic E-state index is 0. The average Bonchev–Trinajstić information content (AvgIpc) is 3.35. The molecule has 4 aromatic rings. The number of aromatic nitrogens is 4. The van der Waals surface area contributed by atoms with Gasteiger partial charge in [0.05, 0.1) is 70.1 Å². The van der Waals surface area contributed by atoms with Gasteiger partial charge in [0.25, 0.3) is 22.9 Å². The third-order valence-corrected chi connectivity index (χ3v) is 13.2. The monoisotopic (exact) mass is 998 g/mol. The Morgan fingerprint density at radius 1 is 0.739 bits per heavy atom. The zero-order chi connectivity index (χ0) is 48.2. The molecule has 0 aliphatic carbocycles. The molecule has 2 aromatic heterocycles. The van der Waals surface area contributed by atoms with Crippen molar-refractivity contribution in [1.29, 1.82) is 0 Å². The number of likely N-dealkylation sites (tertiary alicyclic amines) is 2. The Hall–Kier alpha value is -5.68. The molecule has 0 saturated carbocycles. The van der Waals surface area contributed by atoms with E-state index in [2.05, 4.69) is 51.0 Å². The lowest BCUT2D eigenvalue weighted by molar-refractivity contribution is 0.00635. The molecule has 69 heavy (non-hydrogen) atoms. The Morgan fingerprint density at radius 3 is 1.55 bits per heavy atom. The van der Waals surface area contributed by atoms with Crippen LogP contribution in [0.25, 0.3) is 0 Å². The van der Waals surface area contributed by atoms with Crippen molar-refractivity contribution in [3.63, 3.8) is 0 Å². The van der Waals surface area contributed by atoms with Gasteiger partial charge in [-0.2, -0.15) is 0 Å². The summed E-state index contributed by atoms with van der Waals surface area (Å²) >= 11 is 12.6. The van der Waals surface area contributed by atoms with Gasteiger partial charge in [0.1, 0.15) is 11.5 Å². The van der Waals surface area contributed by atoms with Crippen molar-refractivity contribution in [2.75, 3.05) is 102 Å². The van der Waals surface area contributed by atoms with Gasteiger partial charge in [-0.05, 0) is 76.6 Å². The largest absolute Gasteiger partial charge is 0.492 e. The Kier molecular flexibility index (Phi) is 19.3. The van der Waals surface area contributed by atoms with Crippen LogP contribution in [0.4, 0.5) is 23.3 Å². The van der Waals surface area contributed by atoms with Crippen LogP contribution in [0.15, 0.2) is 46.2 Å². The number of nitrogens with two attached hydrogens (primary N) is 2. The third-order valence-electron chi connectivity index (χ3n) is 12.6. The summed E-state index contributed by atoms with van der Waals surface area (Å²) in [5.41, 5.74) is 15.3. The number of anilines is 4. The highest BCUT2D eigenvalue weighted by molar-refractivity contribution is 6.34. The SMILES string of the molecule is COC1CN(CCCNc2nccc(=O)[nH]2)CCC1NC(=O)c1cc(Cl)c(N)c2c1OCCC2.COC1CN(CCCNc2nccc(=O)[nH]2)CCC1NC(=O)c1cc(Cl)c(N)c2c1OCCC2.O. The second-order valence-corrected chi connectivity index (χ2v) is 18.0. The van der Waals surface area contributed by atoms with Crippen LogP contribution in [-0.4, -0.2) is 151 Å². The van der Waals surface area contributed by atoms with Crippen LogP contribution in [-0.2, 0) is 22.3 Å². The van der Waals surface area contributed by atoms with Crippen LogP contribution in [0.1, 0.15) is 70.4 Å². The second kappa shape index (κ2) is 25.3. The molecule has 23 heteroatoms. The first-order valence-corrected chi connectivity index (χ1v) is 23.9. The van der Waals surface area contributed by atoms with Crippen molar-refractivity contribution >= 4 is 58.3 Å². The van der Waals surface area contributed by atoms with E-state index in [4.69, 9.17) is 53.6 Å². The number of carbonyl (C=O) groups excluding carboxylic acids is 2.